The monoisotopic (exact) mass is 363 g/mol. The molecule has 0 spiro atoms. The number of fused-ring (bicyclic) bond motifs is 1. The summed E-state index contributed by atoms with van der Waals surface area (Å²) in [6.07, 6.45) is -1.14. The van der Waals surface area contributed by atoms with Crippen LogP contribution in [0.4, 0.5) is 13.6 Å². The average Bonchev–Trinajstić information content (AvgIpc) is 2.58. The van der Waals surface area contributed by atoms with Crippen LogP contribution < -0.4 is 14.8 Å². The first-order valence-electron chi connectivity index (χ1n) is 8.02. The number of carboxylic acid groups (broad SMARTS) is 1. The van der Waals surface area contributed by atoms with E-state index in [2.05, 4.69) is 5.32 Å². The Morgan fingerprint density at radius 1 is 1.27 bits per heavy atom. The fourth-order valence-corrected chi connectivity index (χ4v) is 3.14. The summed E-state index contributed by atoms with van der Waals surface area (Å²) in [6, 6.07) is 6.46. The van der Waals surface area contributed by atoms with Crippen molar-refractivity contribution in [2.45, 2.75) is 19.9 Å². The number of methoxy groups -OCH3 is 1. The van der Waals surface area contributed by atoms with Gasteiger partial charge in [-0.2, -0.15) is 0 Å². The van der Waals surface area contributed by atoms with Crippen molar-refractivity contribution in [3.8, 4) is 22.6 Å². The van der Waals surface area contributed by atoms with Crippen molar-refractivity contribution in [3.05, 3.63) is 47.5 Å². The molecule has 5 nitrogen and oxygen atoms in total. The Balaban J connectivity index is 2.05. The Morgan fingerprint density at radius 2 is 2.00 bits per heavy atom. The van der Waals surface area contributed by atoms with Crippen LogP contribution >= 0.6 is 0 Å². The molecule has 0 fully saturated rings. The normalized spacial score (nSPS) is 17.8. The molecule has 1 amide bonds. The quantitative estimate of drug-likeness (QED) is 0.850. The molecule has 3 rings (SSSR count). The van der Waals surface area contributed by atoms with Gasteiger partial charge in [0.05, 0.1) is 19.8 Å². The number of benzene rings is 2. The van der Waals surface area contributed by atoms with Crippen molar-refractivity contribution < 1.29 is 28.2 Å². The van der Waals surface area contributed by atoms with Crippen molar-refractivity contribution in [2.75, 3.05) is 13.7 Å². The van der Waals surface area contributed by atoms with Crippen LogP contribution in [0.2, 0.25) is 0 Å². The van der Waals surface area contributed by atoms with Gasteiger partial charge in [0, 0.05) is 22.6 Å². The molecule has 1 unspecified atom stereocenters. The first kappa shape index (κ1) is 18.0. The smallest absolute Gasteiger partial charge is 0.405 e. The molecule has 1 aliphatic rings. The number of ether oxygens (including phenoxy) is 2. The fraction of sp³-hybridized carbons (Fsp3) is 0.316. The number of halogens is 2. The standard InChI is InChI=1S/C19H19F2NO4/c1-19(2)9-26-15-6-10(4-5-11(15)17(19)22-18(23)24)12-7-14(21)16(25-3)8-13(12)20/h4-8,17,22H,9H2,1-3H3,(H,23,24). The van der Waals surface area contributed by atoms with E-state index in [1.165, 1.54) is 7.11 Å². The fourth-order valence-electron chi connectivity index (χ4n) is 3.14. The number of amides is 1. The number of rotatable bonds is 3. The summed E-state index contributed by atoms with van der Waals surface area (Å²) in [6.45, 7) is 4.07. The van der Waals surface area contributed by atoms with Gasteiger partial charge in [-0.05, 0) is 17.7 Å². The van der Waals surface area contributed by atoms with Gasteiger partial charge < -0.3 is 19.9 Å². The zero-order chi connectivity index (χ0) is 19.1. The zero-order valence-corrected chi connectivity index (χ0v) is 14.6. The van der Waals surface area contributed by atoms with Gasteiger partial charge in [-0.25, -0.2) is 13.6 Å². The third-order valence-electron chi connectivity index (χ3n) is 4.53. The van der Waals surface area contributed by atoms with E-state index in [1.54, 1.807) is 18.2 Å². The second-order valence-corrected chi connectivity index (χ2v) is 6.88. The molecule has 1 heterocycles. The van der Waals surface area contributed by atoms with Crippen LogP contribution in [0.15, 0.2) is 30.3 Å². The van der Waals surface area contributed by atoms with E-state index in [4.69, 9.17) is 14.6 Å². The molecule has 1 aliphatic heterocycles. The molecule has 0 saturated carbocycles. The SMILES string of the molecule is COc1cc(F)c(-c2ccc3c(c2)OCC(C)(C)C3NC(=O)O)cc1F. The molecule has 0 saturated heterocycles. The van der Waals surface area contributed by atoms with E-state index in [0.717, 1.165) is 12.1 Å². The average molecular weight is 363 g/mol. The molecule has 2 N–H and O–H groups in total. The van der Waals surface area contributed by atoms with Crippen molar-refractivity contribution in [1.82, 2.24) is 5.32 Å². The van der Waals surface area contributed by atoms with Gasteiger partial charge in [0.1, 0.15) is 11.6 Å². The van der Waals surface area contributed by atoms with E-state index < -0.39 is 29.2 Å². The van der Waals surface area contributed by atoms with Crippen LogP contribution in [0.1, 0.15) is 25.5 Å². The maximum atomic E-state index is 14.3. The van der Waals surface area contributed by atoms with Gasteiger partial charge >= 0.3 is 6.09 Å². The van der Waals surface area contributed by atoms with E-state index in [-0.39, 0.29) is 17.9 Å². The van der Waals surface area contributed by atoms with Crippen molar-refractivity contribution >= 4 is 6.09 Å². The zero-order valence-electron chi connectivity index (χ0n) is 14.6. The molecule has 1 atom stereocenters. The van der Waals surface area contributed by atoms with Crippen molar-refractivity contribution in [3.63, 3.8) is 0 Å². The van der Waals surface area contributed by atoms with Gasteiger partial charge in [0.25, 0.3) is 0 Å². The van der Waals surface area contributed by atoms with Crippen molar-refractivity contribution in [1.29, 1.82) is 0 Å². The molecule has 138 valence electrons. The van der Waals surface area contributed by atoms with Gasteiger partial charge in [-0.1, -0.05) is 26.0 Å². The number of nitrogens with one attached hydrogen (secondary N) is 1. The minimum absolute atomic E-state index is 0.0716. The summed E-state index contributed by atoms with van der Waals surface area (Å²) in [5.74, 6) is -1.03. The first-order chi connectivity index (χ1) is 12.2. The highest BCUT2D eigenvalue weighted by molar-refractivity contribution is 5.70. The number of hydrogen-bond acceptors (Lipinski definition) is 3. The minimum Gasteiger partial charge on any atom is -0.494 e. The summed E-state index contributed by atoms with van der Waals surface area (Å²) in [5, 5.41) is 11.6. The molecule has 0 aliphatic carbocycles. The predicted octanol–water partition coefficient (Wildman–Crippen LogP) is 4.37. The summed E-state index contributed by atoms with van der Waals surface area (Å²) in [4.78, 5) is 11.1. The predicted molar refractivity (Wildman–Crippen MR) is 91.5 cm³/mol. The van der Waals surface area contributed by atoms with Crippen molar-refractivity contribution in [2.24, 2.45) is 5.41 Å². The molecule has 2 aromatic rings. The van der Waals surface area contributed by atoms with Gasteiger partial charge in [-0.15, -0.1) is 0 Å². The second-order valence-electron chi connectivity index (χ2n) is 6.88. The summed E-state index contributed by atoms with van der Waals surface area (Å²) < 4.78 is 38.8. The Hall–Kier alpha value is -2.83. The summed E-state index contributed by atoms with van der Waals surface area (Å²) in [7, 11) is 1.27. The summed E-state index contributed by atoms with van der Waals surface area (Å²) >= 11 is 0. The molecular weight excluding hydrogens is 344 g/mol. The van der Waals surface area contributed by atoms with Crippen LogP contribution in [0.3, 0.4) is 0 Å². The lowest BCUT2D eigenvalue weighted by Crippen LogP contribution is -2.43. The van der Waals surface area contributed by atoms with E-state index in [1.807, 2.05) is 13.8 Å². The lowest BCUT2D eigenvalue weighted by atomic mass is 9.78. The molecule has 26 heavy (non-hydrogen) atoms. The molecule has 0 radical (unpaired) electrons. The maximum Gasteiger partial charge on any atom is 0.405 e. The Labute approximate surface area is 149 Å². The highest BCUT2D eigenvalue weighted by Crippen LogP contribution is 2.44. The summed E-state index contributed by atoms with van der Waals surface area (Å²) in [5.41, 5.74) is 0.699. The first-order valence-corrected chi connectivity index (χ1v) is 8.02. The third kappa shape index (κ3) is 3.16. The van der Waals surface area contributed by atoms with E-state index >= 15 is 0 Å². The Kier molecular flexibility index (Phi) is 4.48. The van der Waals surface area contributed by atoms with E-state index in [0.29, 0.717) is 16.9 Å². The topological polar surface area (TPSA) is 67.8 Å². The van der Waals surface area contributed by atoms with Gasteiger partial charge in [0.2, 0.25) is 0 Å². The van der Waals surface area contributed by atoms with E-state index in [9.17, 15) is 13.6 Å². The molecule has 2 aromatic carbocycles. The highest BCUT2D eigenvalue weighted by atomic mass is 19.1. The van der Waals surface area contributed by atoms with Crippen LogP contribution in [0.5, 0.6) is 11.5 Å². The third-order valence-corrected chi connectivity index (χ3v) is 4.53. The largest absolute Gasteiger partial charge is 0.494 e. The van der Waals surface area contributed by atoms with Crippen LogP contribution in [0, 0.1) is 17.0 Å². The second kappa shape index (κ2) is 6.48. The van der Waals surface area contributed by atoms with Crippen LogP contribution in [0.25, 0.3) is 11.1 Å². The molecule has 7 heteroatoms. The van der Waals surface area contributed by atoms with Gasteiger partial charge in [0.15, 0.2) is 11.6 Å². The lowest BCUT2D eigenvalue weighted by Gasteiger charge is -2.39. The Bertz CT molecular complexity index is 867. The van der Waals surface area contributed by atoms with Gasteiger partial charge in [-0.3, -0.25) is 0 Å². The molecular formula is C19H19F2NO4. The highest BCUT2D eigenvalue weighted by Gasteiger charge is 2.38. The maximum absolute atomic E-state index is 14.3. The number of carbonyl (C=O) groups is 1. The molecule has 0 bridgehead atoms. The Morgan fingerprint density at radius 3 is 2.65 bits per heavy atom. The van der Waals surface area contributed by atoms with Crippen LogP contribution in [-0.4, -0.2) is 24.9 Å². The lowest BCUT2D eigenvalue weighted by molar-refractivity contribution is 0.0996. The van der Waals surface area contributed by atoms with Crippen LogP contribution in [-0.2, 0) is 0 Å². The number of hydrogen-bond donors (Lipinski definition) is 2. The minimum atomic E-state index is -1.14. The molecule has 0 aromatic heterocycles.